The number of rotatable bonds is 3. The van der Waals surface area contributed by atoms with Gasteiger partial charge >= 0.3 is 0 Å². The first-order valence-electron chi connectivity index (χ1n) is 6.62. The summed E-state index contributed by atoms with van der Waals surface area (Å²) in [5.41, 5.74) is 3.29. The SMILES string of the molecule is CCn1cc(C=O)c2c(C)nc(-c3ccccc3)nc21. The van der Waals surface area contributed by atoms with Crippen molar-refractivity contribution in [2.45, 2.75) is 20.4 Å². The summed E-state index contributed by atoms with van der Waals surface area (Å²) in [6.07, 6.45) is 2.71. The van der Waals surface area contributed by atoms with Crippen LogP contribution in [0, 0.1) is 6.92 Å². The first kappa shape index (κ1) is 12.5. The molecule has 4 heteroatoms. The van der Waals surface area contributed by atoms with E-state index >= 15 is 0 Å². The number of benzene rings is 1. The molecule has 0 aliphatic heterocycles. The van der Waals surface area contributed by atoms with Crippen molar-refractivity contribution in [3.05, 3.63) is 47.8 Å². The molecule has 0 unspecified atom stereocenters. The monoisotopic (exact) mass is 265 g/mol. The Morgan fingerprint density at radius 2 is 1.95 bits per heavy atom. The summed E-state index contributed by atoms with van der Waals surface area (Å²) in [4.78, 5) is 20.4. The van der Waals surface area contributed by atoms with Crippen molar-refractivity contribution in [3.8, 4) is 11.4 Å². The van der Waals surface area contributed by atoms with Gasteiger partial charge in [-0.15, -0.1) is 0 Å². The molecule has 0 fully saturated rings. The summed E-state index contributed by atoms with van der Waals surface area (Å²) in [7, 11) is 0. The lowest BCUT2D eigenvalue weighted by Crippen LogP contribution is -1.98. The lowest BCUT2D eigenvalue weighted by Gasteiger charge is -2.05. The summed E-state index contributed by atoms with van der Waals surface area (Å²) in [5, 5.41) is 0.849. The fourth-order valence-electron chi connectivity index (χ4n) is 2.44. The Hall–Kier alpha value is -2.49. The smallest absolute Gasteiger partial charge is 0.161 e. The van der Waals surface area contributed by atoms with E-state index in [4.69, 9.17) is 0 Å². The average Bonchev–Trinajstić information content (AvgIpc) is 2.86. The lowest BCUT2D eigenvalue weighted by molar-refractivity contribution is 0.112. The van der Waals surface area contributed by atoms with Crippen molar-refractivity contribution < 1.29 is 4.79 Å². The van der Waals surface area contributed by atoms with E-state index in [2.05, 4.69) is 9.97 Å². The van der Waals surface area contributed by atoms with Gasteiger partial charge in [0.2, 0.25) is 0 Å². The standard InChI is InChI=1S/C16H15N3O/c1-3-19-9-13(10-20)14-11(2)17-15(18-16(14)19)12-7-5-4-6-8-12/h4-10H,3H2,1-2H3. The van der Waals surface area contributed by atoms with Gasteiger partial charge in [-0.2, -0.15) is 0 Å². The van der Waals surface area contributed by atoms with E-state index < -0.39 is 0 Å². The van der Waals surface area contributed by atoms with Crippen LogP contribution < -0.4 is 0 Å². The molecule has 0 amide bonds. The minimum Gasteiger partial charge on any atom is -0.332 e. The predicted molar refractivity (Wildman–Crippen MR) is 78.8 cm³/mol. The molecule has 4 nitrogen and oxygen atoms in total. The second kappa shape index (κ2) is 4.89. The predicted octanol–water partition coefficient (Wildman–Crippen LogP) is 3.24. The Bertz CT molecular complexity index is 775. The molecule has 0 bridgehead atoms. The number of aldehydes is 1. The molecule has 2 heterocycles. The number of carbonyl (C=O) groups excluding carboxylic acids is 1. The van der Waals surface area contributed by atoms with E-state index in [1.807, 2.05) is 54.9 Å². The normalized spacial score (nSPS) is 10.9. The number of nitrogens with zero attached hydrogens (tertiary/aromatic N) is 3. The largest absolute Gasteiger partial charge is 0.332 e. The molecule has 0 aliphatic rings. The molecule has 0 aliphatic carbocycles. The fourth-order valence-corrected chi connectivity index (χ4v) is 2.44. The van der Waals surface area contributed by atoms with Crippen molar-refractivity contribution in [1.29, 1.82) is 0 Å². The van der Waals surface area contributed by atoms with Gasteiger partial charge in [0, 0.05) is 23.9 Å². The summed E-state index contributed by atoms with van der Waals surface area (Å²) < 4.78 is 1.99. The molecule has 100 valence electrons. The first-order valence-corrected chi connectivity index (χ1v) is 6.62. The zero-order valence-electron chi connectivity index (χ0n) is 11.5. The molecule has 3 aromatic rings. The van der Waals surface area contributed by atoms with Gasteiger partial charge in [0.25, 0.3) is 0 Å². The zero-order valence-corrected chi connectivity index (χ0v) is 11.5. The van der Waals surface area contributed by atoms with Crippen LogP contribution in [-0.4, -0.2) is 20.8 Å². The Kier molecular flexibility index (Phi) is 3.06. The first-order chi connectivity index (χ1) is 9.74. The minimum absolute atomic E-state index is 0.652. The van der Waals surface area contributed by atoms with Crippen LogP contribution in [0.5, 0.6) is 0 Å². The molecule has 2 aromatic heterocycles. The highest BCUT2D eigenvalue weighted by Gasteiger charge is 2.14. The second-order valence-corrected chi connectivity index (χ2v) is 4.69. The average molecular weight is 265 g/mol. The van der Waals surface area contributed by atoms with E-state index in [-0.39, 0.29) is 0 Å². The van der Waals surface area contributed by atoms with Crippen LogP contribution >= 0.6 is 0 Å². The number of hydrogen-bond acceptors (Lipinski definition) is 3. The molecule has 0 radical (unpaired) electrons. The number of aryl methyl sites for hydroxylation is 2. The van der Waals surface area contributed by atoms with Gasteiger partial charge in [0.1, 0.15) is 5.65 Å². The second-order valence-electron chi connectivity index (χ2n) is 4.69. The van der Waals surface area contributed by atoms with Crippen LogP contribution in [0.4, 0.5) is 0 Å². The summed E-state index contributed by atoms with van der Waals surface area (Å²) in [6, 6.07) is 9.87. The van der Waals surface area contributed by atoms with E-state index in [0.29, 0.717) is 11.4 Å². The van der Waals surface area contributed by atoms with E-state index in [1.165, 1.54) is 0 Å². The van der Waals surface area contributed by atoms with Crippen LogP contribution in [0.25, 0.3) is 22.4 Å². The molecule has 0 saturated heterocycles. The van der Waals surface area contributed by atoms with Crippen molar-refractivity contribution >= 4 is 17.3 Å². The van der Waals surface area contributed by atoms with Gasteiger partial charge in [-0.05, 0) is 13.8 Å². The summed E-state index contributed by atoms with van der Waals surface area (Å²) in [6.45, 7) is 4.73. The third kappa shape index (κ3) is 1.90. The Morgan fingerprint density at radius 1 is 1.20 bits per heavy atom. The van der Waals surface area contributed by atoms with E-state index in [1.54, 1.807) is 0 Å². The topological polar surface area (TPSA) is 47.8 Å². The van der Waals surface area contributed by atoms with Gasteiger partial charge in [-0.1, -0.05) is 30.3 Å². The van der Waals surface area contributed by atoms with Gasteiger partial charge < -0.3 is 4.57 Å². The van der Waals surface area contributed by atoms with Crippen LogP contribution in [0.1, 0.15) is 23.0 Å². The molecule has 0 spiro atoms. The Morgan fingerprint density at radius 3 is 2.60 bits per heavy atom. The molecule has 3 rings (SSSR count). The maximum absolute atomic E-state index is 11.2. The highest BCUT2D eigenvalue weighted by molar-refractivity contribution is 5.97. The van der Waals surface area contributed by atoms with Crippen LogP contribution in [-0.2, 0) is 6.54 Å². The number of carbonyl (C=O) groups is 1. The maximum Gasteiger partial charge on any atom is 0.161 e. The van der Waals surface area contributed by atoms with Crippen molar-refractivity contribution in [2.75, 3.05) is 0 Å². The Labute approximate surface area is 117 Å². The molecular formula is C16H15N3O. The van der Waals surface area contributed by atoms with Gasteiger partial charge in [-0.3, -0.25) is 4.79 Å². The van der Waals surface area contributed by atoms with Gasteiger partial charge in [-0.25, -0.2) is 9.97 Å². The van der Waals surface area contributed by atoms with Crippen molar-refractivity contribution in [1.82, 2.24) is 14.5 Å². The van der Waals surface area contributed by atoms with Crippen LogP contribution in [0.3, 0.4) is 0 Å². The number of fused-ring (bicyclic) bond motifs is 1. The van der Waals surface area contributed by atoms with E-state index in [9.17, 15) is 4.79 Å². The lowest BCUT2D eigenvalue weighted by atomic mass is 10.2. The van der Waals surface area contributed by atoms with Gasteiger partial charge in [0.05, 0.1) is 11.1 Å². The van der Waals surface area contributed by atoms with E-state index in [0.717, 1.165) is 35.1 Å². The third-order valence-corrected chi connectivity index (χ3v) is 3.43. The maximum atomic E-state index is 11.2. The number of hydrogen-bond donors (Lipinski definition) is 0. The molecule has 1 aromatic carbocycles. The third-order valence-electron chi connectivity index (χ3n) is 3.43. The molecule has 0 N–H and O–H groups in total. The Balaban J connectivity index is 2.31. The summed E-state index contributed by atoms with van der Waals surface area (Å²) in [5.74, 6) is 0.695. The minimum atomic E-state index is 0.652. The quantitative estimate of drug-likeness (QED) is 0.683. The van der Waals surface area contributed by atoms with Gasteiger partial charge in [0.15, 0.2) is 12.1 Å². The number of aromatic nitrogens is 3. The van der Waals surface area contributed by atoms with Crippen molar-refractivity contribution in [2.24, 2.45) is 0 Å². The van der Waals surface area contributed by atoms with Crippen molar-refractivity contribution in [3.63, 3.8) is 0 Å². The fraction of sp³-hybridized carbons (Fsp3) is 0.188. The highest BCUT2D eigenvalue weighted by Crippen LogP contribution is 2.24. The van der Waals surface area contributed by atoms with Crippen LogP contribution in [0.2, 0.25) is 0 Å². The molecule has 0 atom stereocenters. The molecule has 20 heavy (non-hydrogen) atoms. The zero-order chi connectivity index (χ0) is 14.1. The molecular weight excluding hydrogens is 250 g/mol. The molecule has 0 saturated carbocycles. The van der Waals surface area contributed by atoms with Crippen LogP contribution in [0.15, 0.2) is 36.5 Å². The summed E-state index contributed by atoms with van der Waals surface area (Å²) >= 11 is 0. The highest BCUT2D eigenvalue weighted by atomic mass is 16.1.